The van der Waals surface area contributed by atoms with Crippen molar-refractivity contribution >= 4 is 5.91 Å². The van der Waals surface area contributed by atoms with Crippen molar-refractivity contribution in [2.75, 3.05) is 13.1 Å². The average molecular weight is 291 g/mol. The number of carbonyl (C=O) groups is 1. The second kappa shape index (κ2) is 5.63. The molecule has 0 unspecified atom stereocenters. The fraction of sp³-hybridized carbons (Fsp3) is 0.333. The van der Waals surface area contributed by atoms with Gasteiger partial charge in [0.15, 0.2) is 0 Å². The van der Waals surface area contributed by atoms with Gasteiger partial charge in [0.05, 0.1) is 5.56 Å². The van der Waals surface area contributed by atoms with Crippen LogP contribution >= 0.6 is 0 Å². The van der Waals surface area contributed by atoms with Crippen molar-refractivity contribution in [1.82, 2.24) is 15.1 Å². The minimum absolute atomic E-state index is 0.0818. The number of hydrogen-bond donors (Lipinski definition) is 1. The van der Waals surface area contributed by atoms with Crippen molar-refractivity contribution in [2.24, 2.45) is 0 Å². The van der Waals surface area contributed by atoms with E-state index in [4.69, 9.17) is 0 Å². The van der Waals surface area contributed by atoms with Crippen LogP contribution in [0.4, 0.5) is 8.78 Å². The Hall–Kier alpha value is -2.24. The van der Waals surface area contributed by atoms with Crippen molar-refractivity contribution < 1.29 is 13.6 Å². The summed E-state index contributed by atoms with van der Waals surface area (Å²) < 4.78 is 26.6. The van der Waals surface area contributed by atoms with Crippen LogP contribution in [0.15, 0.2) is 30.5 Å². The van der Waals surface area contributed by atoms with E-state index in [9.17, 15) is 13.6 Å². The highest BCUT2D eigenvalue weighted by Gasteiger charge is 2.27. The minimum atomic E-state index is -0.816. The van der Waals surface area contributed by atoms with Gasteiger partial charge in [-0.2, -0.15) is 5.10 Å². The average Bonchev–Trinajstić information content (AvgIpc) is 3.01. The maximum absolute atomic E-state index is 13.7. The fourth-order valence-corrected chi connectivity index (χ4v) is 2.74. The summed E-state index contributed by atoms with van der Waals surface area (Å²) in [7, 11) is 0. The molecule has 0 saturated carbocycles. The molecule has 0 spiro atoms. The standard InChI is InChI=1S/C15H15F2N3O/c16-11-3-4-12(13(17)8-11)15(21)20-7-1-2-10(9-20)14-5-6-18-19-14/h3-6,8,10H,1-2,7,9H2,(H,18,19)/t10-/m1/s1. The third-order valence-corrected chi connectivity index (χ3v) is 3.83. The van der Waals surface area contributed by atoms with E-state index >= 15 is 0 Å². The van der Waals surface area contributed by atoms with Crippen LogP contribution in [0.1, 0.15) is 34.8 Å². The smallest absolute Gasteiger partial charge is 0.256 e. The molecule has 0 radical (unpaired) electrons. The summed E-state index contributed by atoms with van der Waals surface area (Å²) in [5.74, 6) is -1.72. The number of halogens is 2. The molecule has 1 amide bonds. The van der Waals surface area contributed by atoms with E-state index in [1.807, 2.05) is 6.07 Å². The Morgan fingerprint density at radius 3 is 2.90 bits per heavy atom. The number of piperidine rings is 1. The van der Waals surface area contributed by atoms with Crippen molar-refractivity contribution in [3.8, 4) is 0 Å². The molecule has 1 aromatic heterocycles. The zero-order valence-electron chi connectivity index (χ0n) is 11.4. The molecular formula is C15H15F2N3O. The van der Waals surface area contributed by atoms with E-state index in [1.54, 1.807) is 11.1 Å². The van der Waals surface area contributed by atoms with Crippen LogP contribution in [-0.2, 0) is 0 Å². The normalized spacial score (nSPS) is 18.8. The van der Waals surface area contributed by atoms with Crippen LogP contribution in [0.5, 0.6) is 0 Å². The highest BCUT2D eigenvalue weighted by Crippen LogP contribution is 2.26. The lowest BCUT2D eigenvalue weighted by atomic mass is 9.94. The maximum Gasteiger partial charge on any atom is 0.256 e. The fourth-order valence-electron chi connectivity index (χ4n) is 2.74. The zero-order valence-corrected chi connectivity index (χ0v) is 11.4. The van der Waals surface area contributed by atoms with E-state index in [-0.39, 0.29) is 11.5 Å². The van der Waals surface area contributed by atoms with Crippen molar-refractivity contribution in [3.63, 3.8) is 0 Å². The molecule has 1 aliphatic rings. The summed E-state index contributed by atoms with van der Waals surface area (Å²) in [4.78, 5) is 14.0. The SMILES string of the molecule is O=C(c1ccc(F)cc1F)N1CCC[C@@H](c2ccn[nH]2)C1. The molecule has 3 rings (SSSR count). The predicted molar refractivity (Wildman–Crippen MR) is 72.8 cm³/mol. The summed E-state index contributed by atoms with van der Waals surface area (Å²) >= 11 is 0. The van der Waals surface area contributed by atoms with Gasteiger partial charge in [-0.05, 0) is 31.0 Å². The number of aromatic nitrogens is 2. The third kappa shape index (κ3) is 2.79. The van der Waals surface area contributed by atoms with Crippen molar-refractivity contribution in [1.29, 1.82) is 0 Å². The van der Waals surface area contributed by atoms with Crippen LogP contribution in [0.3, 0.4) is 0 Å². The Bertz CT molecular complexity index is 642. The molecule has 2 heterocycles. The molecule has 1 saturated heterocycles. The second-order valence-corrected chi connectivity index (χ2v) is 5.23. The number of benzene rings is 1. The Labute approximate surface area is 120 Å². The molecule has 2 aromatic rings. The second-order valence-electron chi connectivity index (χ2n) is 5.23. The highest BCUT2D eigenvalue weighted by molar-refractivity contribution is 5.94. The first-order valence-electron chi connectivity index (χ1n) is 6.89. The first-order chi connectivity index (χ1) is 10.1. The predicted octanol–water partition coefficient (Wildman–Crippen LogP) is 2.71. The van der Waals surface area contributed by atoms with E-state index in [2.05, 4.69) is 10.2 Å². The molecule has 1 atom stereocenters. The van der Waals surface area contributed by atoms with Crippen LogP contribution in [0, 0.1) is 11.6 Å². The van der Waals surface area contributed by atoms with E-state index in [0.29, 0.717) is 13.1 Å². The summed E-state index contributed by atoms with van der Waals surface area (Å²) in [6, 6.07) is 4.93. The number of H-pyrrole nitrogens is 1. The number of nitrogens with one attached hydrogen (secondary N) is 1. The van der Waals surface area contributed by atoms with E-state index in [0.717, 1.165) is 30.7 Å². The number of aromatic amines is 1. The van der Waals surface area contributed by atoms with Gasteiger partial charge >= 0.3 is 0 Å². The van der Waals surface area contributed by atoms with Crippen LogP contribution in [0.2, 0.25) is 0 Å². The highest BCUT2D eigenvalue weighted by atomic mass is 19.1. The third-order valence-electron chi connectivity index (χ3n) is 3.83. The Morgan fingerprint density at radius 1 is 1.33 bits per heavy atom. The van der Waals surface area contributed by atoms with Gasteiger partial charge in [0, 0.05) is 37.0 Å². The molecule has 1 aromatic carbocycles. The first kappa shape index (κ1) is 13.7. The summed E-state index contributed by atoms with van der Waals surface area (Å²) in [6.45, 7) is 1.10. The Morgan fingerprint density at radius 2 is 2.19 bits per heavy atom. The molecule has 110 valence electrons. The topological polar surface area (TPSA) is 49.0 Å². The number of nitrogens with zero attached hydrogens (tertiary/aromatic N) is 2. The van der Waals surface area contributed by atoms with E-state index < -0.39 is 17.5 Å². The van der Waals surface area contributed by atoms with Crippen LogP contribution < -0.4 is 0 Å². The Kier molecular flexibility index (Phi) is 3.68. The Balaban J connectivity index is 1.78. The number of likely N-dealkylation sites (tertiary alicyclic amines) is 1. The molecule has 1 aliphatic heterocycles. The number of hydrogen-bond acceptors (Lipinski definition) is 2. The van der Waals surface area contributed by atoms with Crippen molar-refractivity contribution in [2.45, 2.75) is 18.8 Å². The van der Waals surface area contributed by atoms with Crippen molar-refractivity contribution in [3.05, 3.63) is 53.4 Å². The molecule has 1 fully saturated rings. The molecule has 0 bridgehead atoms. The zero-order chi connectivity index (χ0) is 14.8. The summed E-state index contributed by atoms with van der Waals surface area (Å²) in [5, 5.41) is 6.83. The molecule has 6 heteroatoms. The van der Waals surface area contributed by atoms with Gasteiger partial charge < -0.3 is 4.90 Å². The molecule has 4 nitrogen and oxygen atoms in total. The van der Waals surface area contributed by atoms with Crippen LogP contribution in [-0.4, -0.2) is 34.1 Å². The lowest BCUT2D eigenvalue weighted by Crippen LogP contribution is -2.39. The van der Waals surface area contributed by atoms with Gasteiger partial charge in [0.2, 0.25) is 0 Å². The van der Waals surface area contributed by atoms with E-state index in [1.165, 1.54) is 6.07 Å². The van der Waals surface area contributed by atoms with Gasteiger partial charge in [0.1, 0.15) is 11.6 Å². The minimum Gasteiger partial charge on any atom is -0.338 e. The number of amides is 1. The van der Waals surface area contributed by atoms with Gasteiger partial charge in [-0.25, -0.2) is 8.78 Å². The first-order valence-corrected chi connectivity index (χ1v) is 6.89. The molecular weight excluding hydrogens is 276 g/mol. The lowest BCUT2D eigenvalue weighted by molar-refractivity contribution is 0.0701. The van der Waals surface area contributed by atoms with Gasteiger partial charge in [0.25, 0.3) is 5.91 Å². The molecule has 21 heavy (non-hydrogen) atoms. The quantitative estimate of drug-likeness (QED) is 0.925. The summed E-state index contributed by atoms with van der Waals surface area (Å²) in [6.07, 6.45) is 3.48. The number of carbonyl (C=O) groups excluding carboxylic acids is 1. The van der Waals surface area contributed by atoms with Gasteiger partial charge in [-0.1, -0.05) is 0 Å². The lowest BCUT2D eigenvalue weighted by Gasteiger charge is -2.32. The summed E-state index contributed by atoms with van der Waals surface area (Å²) in [5.41, 5.74) is 0.897. The van der Waals surface area contributed by atoms with Gasteiger partial charge in [-0.3, -0.25) is 9.89 Å². The number of rotatable bonds is 2. The maximum atomic E-state index is 13.7. The largest absolute Gasteiger partial charge is 0.338 e. The molecule has 1 N–H and O–H groups in total. The van der Waals surface area contributed by atoms with Crippen LogP contribution in [0.25, 0.3) is 0 Å². The van der Waals surface area contributed by atoms with Gasteiger partial charge in [-0.15, -0.1) is 0 Å². The molecule has 0 aliphatic carbocycles. The monoisotopic (exact) mass is 291 g/mol.